The number of hydrogen-bond donors (Lipinski definition) is 0. The van der Waals surface area contributed by atoms with Gasteiger partial charge in [0, 0.05) is 42.1 Å². The number of aromatic nitrogens is 2. The van der Waals surface area contributed by atoms with Gasteiger partial charge in [0.25, 0.3) is 0 Å². The summed E-state index contributed by atoms with van der Waals surface area (Å²) in [6, 6.07) is 8.43. The Labute approximate surface area is 168 Å². The molecule has 1 aliphatic heterocycles. The molecule has 0 saturated carbocycles. The number of nitrogens with zero attached hydrogens (tertiary/aromatic N) is 4. The summed E-state index contributed by atoms with van der Waals surface area (Å²) in [6.45, 7) is 8.78. The van der Waals surface area contributed by atoms with Crippen molar-refractivity contribution in [2.75, 3.05) is 49.8 Å². The summed E-state index contributed by atoms with van der Waals surface area (Å²) in [5.41, 5.74) is 3.25. The third kappa shape index (κ3) is 4.44. The number of halogens is 1. The summed E-state index contributed by atoms with van der Waals surface area (Å²) in [5, 5.41) is 0. The summed E-state index contributed by atoms with van der Waals surface area (Å²) < 4.78 is 11.9. The Kier molecular flexibility index (Phi) is 6.66. The van der Waals surface area contributed by atoms with Gasteiger partial charge in [-0.2, -0.15) is 4.98 Å². The van der Waals surface area contributed by atoms with Crippen molar-refractivity contribution in [2.45, 2.75) is 20.5 Å². The Bertz CT molecular complexity index is 750. The minimum atomic E-state index is 0.616. The van der Waals surface area contributed by atoms with Gasteiger partial charge in [0.05, 0.1) is 25.5 Å². The van der Waals surface area contributed by atoms with E-state index in [9.17, 15) is 0 Å². The average Bonchev–Trinajstić information content (AvgIpc) is 2.64. The molecule has 0 spiro atoms. The number of methoxy groups -OCH3 is 1. The maximum absolute atomic E-state index is 5.46. The van der Waals surface area contributed by atoms with Gasteiger partial charge in [-0.25, -0.2) is 4.98 Å². The van der Waals surface area contributed by atoms with Crippen LogP contribution in [-0.2, 0) is 16.1 Å². The SMILES string of the molecule is CCN(c1nc(C)cc(N2CCOCC2)n1)c1ccc(COC)cc1I. The van der Waals surface area contributed by atoms with E-state index in [1.807, 2.05) is 6.92 Å². The molecular formula is C19H25IN4O2. The van der Waals surface area contributed by atoms with Crippen LogP contribution in [0.4, 0.5) is 17.5 Å². The van der Waals surface area contributed by atoms with E-state index in [2.05, 4.69) is 63.6 Å². The lowest BCUT2D eigenvalue weighted by Gasteiger charge is -2.29. The molecule has 1 aromatic heterocycles. The highest BCUT2D eigenvalue weighted by Crippen LogP contribution is 2.30. The number of aryl methyl sites for hydroxylation is 1. The summed E-state index contributed by atoms with van der Waals surface area (Å²) in [4.78, 5) is 14.0. The molecular weight excluding hydrogens is 443 g/mol. The molecule has 6 nitrogen and oxygen atoms in total. The van der Waals surface area contributed by atoms with Gasteiger partial charge >= 0.3 is 0 Å². The highest BCUT2D eigenvalue weighted by atomic mass is 127. The van der Waals surface area contributed by atoms with Gasteiger partial charge < -0.3 is 19.3 Å². The molecule has 0 atom stereocenters. The van der Waals surface area contributed by atoms with E-state index in [-0.39, 0.29) is 0 Å². The topological polar surface area (TPSA) is 50.7 Å². The molecule has 0 N–H and O–H groups in total. The van der Waals surface area contributed by atoms with Gasteiger partial charge in [-0.3, -0.25) is 0 Å². The van der Waals surface area contributed by atoms with Gasteiger partial charge in [0.2, 0.25) is 5.95 Å². The van der Waals surface area contributed by atoms with Crippen LogP contribution in [0.25, 0.3) is 0 Å². The zero-order chi connectivity index (χ0) is 18.5. The van der Waals surface area contributed by atoms with Gasteiger partial charge in [0.15, 0.2) is 0 Å². The van der Waals surface area contributed by atoms with Crippen LogP contribution >= 0.6 is 22.6 Å². The molecule has 1 aliphatic rings. The van der Waals surface area contributed by atoms with Crippen LogP contribution in [0.2, 0.25) is 0 Å². The summed E-state index contributed by atoms with van der Waals surface area (Å²) >= 11 is 2.37. The monoisotopic (exact) mass is 468 g/mol. The lowest BCUT2D eigenvalue weighted by atomic mass is 10.2. The molecule has 0 radical (unpaired) electrons. The van der Waals surface area contributed by atoms with Crippen LogP contribution < -0.4 is 9.80 Å². The van der Waals surface area contributed by atoms with E-state index < -0.39 is 0 Å². The first kappa shape index (κ1) is 19.3. The Hall–Kier alpha value is -1.45. The lowest BCUT2D eigenvalue weighted by Crippen LogP contribution is -2.37. The van der Waals surface area contributed by atoms with Crippen LogP contribution in [0, 0.1) is 10.5 Å². The van der Waals surface area contributed by atoms with Crippen LogP contribution in [0.15, 0.2) is 24.3 Å². The van der Waals surface area contributed by atoms with Crippen LogP contribution in [-0.4, -0.2) is 49.9 Å². The van der Waals surface area contributed by atoms with E-state index in [0.717, 1.165) is 65.1 Å². The molecule has 3 rings (SSSR count). The molecule has 2 heterocycles. The van der Waals surface area contributed by atoms with Crippen molar-refractivity contribution in [1.29, 1.82) is 0 Å². The zero-order valence-electron chi connectivity index (χ0n) is 15.5. The first-order chi connectivity index (χ1) is 12.6. The Morgan fingerprint density at radius 1 is 1.23 bits per heavy atom. The third-order valence-electron chi connectivity index (χ3n) is 4.34. The number of hydrogen-bond acceptors (Lipinski definition) is 6. The molecule has 7 heteroatoms. The minimum absolute atomic E-state index is 0.616. The molecule has 26 heavy (non-hydrogen) atoms. The van der Waals surface area contributed by atoms with Gasteiger partial charge in [-0.05, 0) is 54.1 Å². The fourth-order valence-electron chi connectivity index (χ4n) is 3.06. The van der Waals surface area contributed by atoms with E-state index >= 15 is 0 Å². The molecule has 1 saturated heterocycles. The lowest BCUT2D eigenvalue weighted by molar-refractivity contribution is 0.122. The molecule has 0 bridgehead atoms. The fourth-order valence-corrected chi connectivity index (χ4v) is 3.93. The van der Waals surface area contributed by atoms with E-state index in [1.165, 1.54) is 0 Å². The zero-order valence-corrected chi connectivity index (χ0v) is 17.7. The van der Waals surface area contributed by atoms with Crippen molar-refractivity contribution in [1.82, 2.24) is 9.97 Å². The quantitative estimate of drug-likeness (QED) is 0.605. The van der Waals surface area contributed by atoms with Crippen molar-refractivity contribution in [3.05, 3.63) is 39.1 Å². The van der Waals surface area contributed by atoms with Gasteiger partial charge in [0.1, 0.15) is 5.82 Å². The van der Waals surface area contributed by atoms with Gasteiger partial charge in [-0.15, -0.1) is 0 Å². The number of benzene rings is 1. The number of anilines is 3. The molecule has 1 fully saturated rings. The van der Waals surface area contributed by atoms with Gasteiger partial charge in [-0.1, -0.05) is 6.07 Å². The van der Waals surface area contributed by atoms with Crippen LogP contribution in [0.5, 0.6) is 0 Å². The molecule has 140 valence electrons. The maximum atomic E-state index is 5.46. The second-order valence-corrected chi connectivity index (χ2v) is 7.39. The molecule has 0 aliphatic carbocycles. The molecule has 1 aromatic carbocycles. The molecule has 0 amide bonds. The fraction of sp³-hybridized carbons (Fsp3) is 0.474. The third-order valence-corrected chi connectivity index (χ3v) is 5.20. The number of ether oxygens (including phenoxy) is 2. The Morgan fingerprint density at radius 3 is 2.65 bits per heavy atom. The number of rotatable bonds is 6. The predicted molar refractivity (Wildman–Crippen MR) is 112 cm³/mol. The van der Waals surface area contributed by atoms with Crippen molar-refractivity contribution >= 4 is 40.0 Å². The highest BCUT2D eigenvalue weighted by molar-refractivity contribution is 14.1. The summed E-state index contributed by atoms with van der Waals surface area (Å²) in [5.74, 6) is 1.71. The normalized spacial score (nSPS) is 14.5. The first-order valence-electron chi connectivity index (χ1n) is 8.85. The van der Waals surface area contributed by atoms with E-state index in [1.54, 1.807) is 7.11 Å². The summed E-state index contributed by atoms with van der Waals surface area (Å²) in [6.07, 6.45) is 0. The second kappa shape index (κ2) is 8.96. The Morgan fingerprint density at radius 2 is 2.00 bits per heavy atom. The van der Waals surface area contributed by atoms with Crippen molar-refractivity contribution in [2.24, 2.45) is 0 Å². The smallest absolute Gasteiger partial charge is 0.232 e. The predicted octanol–water partition coefficient (Wildman–Crippen LogP) is 3.53. The van der Waals surface area contributed by atoms with Crippen molar-refractivity contribution in [3.8, 4) is 0 Å². The largest absolute Gasteiger partial charge is 0.380 e. The van der Waals surface area contributed by atoms with Crippen molar-refractivity contribution < 1.29 is 9.47 Å². The van der Waals surface area contributed by atoms with Crippen LogP contribution in [0.1, 0.15) is 18.2 Å². The molecule has 2 aromatic rings. The maximum Gasteiger partial charge on any atom is 0.232 e. The Balaban J connectivity index is 1.93. The summed E-state index contributed by atoms with van der Waals surface area (Å²) in [7, 11) is 1.72. The van der Waals surface area contributed by atoms with Crippen molar-refractivity contribution in [3.63, 3.8) is 0 Å². The van der Waals surface area contributed by atoms with E-state index in [4.69, 9.17) is 19.4 Å². The standard InChI is InChI=1S/C19H25IN4O2/c1-4-24(17-6-5-15(13-25-3)12-16(17)20)19-21-14(2)11-18(22-19)23-7-9-26-10-8-23/h5-6,11-12H,4,7-10,13H2,1-3H3. The highest BCUT2D eigenvalue weighted by Gasteiger charge is 2.18. The first-order valence-corrected chi connectivity index (χ1v) is 9.93. The minimum Gasteiger partial charge on any atom is -0.380 e. The molecule has 0 unspecified atom stereocenters. The number of morpholine rings is 1. The van der Waals surface area contributed by atoms with E-state index in [0.29, 0.717) is 6.61 Å². The van der Waals surface area contributed by atoms with Crippen LogP contribution in [0.3, 0.4) is 0 Å². The second-order valence-electron chi connectivity index (χ2n) is 6.23. The average molecular weight is 468 g/mol.